The number of halogens is 1. The minimum Gasteiger partial charge on any atom is -0.399 e. The van der Waals surface area contributed by atoms with Crippen LogP contribution < -0.4 is 11.1 Å². The van der Waals surface area contributed by atoms with Crippen molar-refractivity contribution >= 4 is 11.4 Å². The maximum absolute atomic E-state index is 13.4. The van der Waals surface area contributed by atoms with Crippen molar-refractivity contribution < 1.29 is 9.13 Å². The highest BCUT2D eigenvalue weighted by molar-refractivity contribution is 5.52. The van der Waals surface area contributed by atoms with Gasteiger partial charge in [-0.15, -0.1) is 0 Å². The fourth-order valence-electron chi connectivity index (χ4n) is 1.67. The van der Waals surface area contributed by atoms with E-state index in [1.54, 1.807) is 12.1 Å². The van der Waals surface area contributed by atoms with Gasteiger partial charge in [-0.05, 0) is 24.6 Å². The predicted octanol–water partition coefficient (Wildman–Crippen LogP) is 1.86. The number of rotatable bonds is 3. The molecule has 0 radical (unpaired) electrons. The quantitative estimate of drug-likeness (QED) is 0.748. The van der Waals surface area contributed by atoms with Gasteiger partial charge in [0.1, 0.15) is 5.82 Å². The first kappa shape index (κ1) is 10.2. The normalized spacial score (nSPS) is 20.5. The maximum Gasteiger partial charge on any atom is 0.148 e. The third-order valence-electron chi connectivity index (χ3n) is 2.60. The lowest BCUT2D eigenvalue weighted by atomic mass is 10.1. The molecule has 1 aromatic rings. The molecule has 3 nitrogen and oxygen atoms in total. The summed E-state index contributed by atoms with van der Waals surface area (Å²) in [6, 6.07) is 4.69. The van der Waals surface area contributed by atoms with Crippen LogP contribution >= 0.6 is 0 Å². The standard InChI is InChI=1S/C11H15FN2O/c12-10-5-9(13)1-2-11(10)14-6-8-3-4-15-7-8/h1-2,5,8,14H,3-4,6-7,13H2. The molecule has 1 aliphatic rings. The van der Waals surface area contributed by atoms with Crippen LogP contribution in [0.15, 0.2) is 18.2 Å². The predicted molar refractivity (Wildman–Crippen MR) is 58.2 cm³/mol. The number of benzene rings is 1. The zero-order valence-corrected chi connectivity index (χ0v) is 8.50. The Kier molecular flexibility index (Phi) is 3.06. The van der Waals surface area contributed by atoms with E-state index in [-0.39, 0.29) is 5.82 Å². The summed E-state index contributed by atoms with van der Waals surface area (Å²) in [5.74, 6) is 0.191. The van der Waals surface area contributed by atoms with Gasteiger partial charge in [0.15, 0.2) is 0 Å². The summed E-state index contributed by atoms with van der Waals surface area (Å²) >= 11 is 0. The molecule has 15 heavy (non-hydrogen) atoms. The molecular weight excluding hydrogens is 195 g/mol. The molecule has 1 atom stereocenters. The van der Waals surface area contributed by atoms with Gasteiger partial charge in [-0.3, -0.25) is 0 Å². The van der Waals surface area contributed by atoms with Gasteiger partial charge < -0.3 is 15.8 Å². The number of nitrogen functional groups attached to an aromatic ring is 1. The SMILES string of the molecule is Nc1ccc(NCC2CCOC2)c(F)c1. The molecule has 1 unspecified atom stereocenters. The third-order valence-corrected chi connectivity index (χ3v) is 2.60. The summed E-state index contributed by atoms with van der Waals surface area (Å²) in [7, 11) is 0. The van der Waals surface area contributed by atoms with Crippen molar-refractivity contribution in [2.45, 2.75) is 6.42 Å². The van der Waals surface area contributed by atoms with E-state index in [1.807, 2.05) is 0 Å². The summed E-state index contributed by atoms with van der Waals surface area (Å²) < 4.78 is 18.6. The molecule has 0 aliphatic carbocycles. The molecular formula is C11H15FN2O. The lowest BCUT2D eigenvalue weighted by molar-refractivity contribution is 0.187. The van der Waals surface area contributed by atoms with Crippen molar-refractivity contribution in [2.75, 3.05) is 30.8 Å². The molecule has 1 saturated heterocycles. The molecule has 3 N–H and O–H groups in total. The van der Waals surface area contributed by atoms with Crippen LogP contribution in [0.2, 0.25) is 0 Å². The van der Waals surface area contributed by atoms with Crippen molar-refractivity contribution in [3.8, 4) is 0 Å². The average molecular weight is 210 g/mol. The highest BCUT2D eigenvalue weighted by Gasteiger charge is 2.15. The smallest absolute Gasteiger partial charge is 0.148 e. The van der Waals surface area contributed by atoms with E-state index in [0.29, 0.717) is 17.3 Å². The molecule has 1 heterocycles. The van der Waals surface area contributed by atoms with Gasteiger partial charge in [0.05, 0.1) is 12.3 Å². The Hall–Kier alpha value is -1.29. The van der Waals surface area contributed by atoms with Crippen LogP contribution in [0.25, 0.3) is 0 Å². The van der Waals surface area contributed by atoms with Gasteiger partial charge in [0.2, 0.25) is 0 Å². The first-order valence-corrected chi connectivity index (χ1v) is 5.12. The Morgan fingerprint density at radius 1 is 1.53 bits per heavy atom. The Bertz CT molecular complexity index is 337. The van der Waals surface area contributed by atoms with Crippen LogP contribution in [0.4, 0.5) is 15.8 Å². The largest absolute Gasteiger partial charge is 0.399 e. The molecule has 0 spiro atoms. The molecule has 0 aromatic heterocycles. The van der Waals surface area contributed by atoms with E-state index in [0.717, 1.165) is 26.2 Å². The molecule has 0 amide bonds. The number of nitrogens with one attached hydrogen (secondary N) is 1. The molecule has 1 fully saturated rings. The van der Waals surface area contributed by atoms with Gasteiger partial charge in [-0.25, -0.2) is 4.39 Å². The monoisotopic (exact) mass is 210 g/mol. The topological polar surface area (TPSA) is 47.3 Å². The summed E-state index contributed by atoms with van der Waals surface area (Å²) in [4.78, 5) is 0. The van der Waals surface area contributed by atoms with Gasteiger partial charge >= 0.3 is 0 Å². The summed E-state index contributed by atoms with van der Waals surface area (Å²) in [5, 5.41) is 3.07. The number of nitrogens with two attached hydrogens (primary N) is 1. The fraction of sp³-hybridized carbons (Fsp3) is 0.455. The zero-order valence-electron chi connectivity index (χ0n) is 8.50. The second-order valence-electron chi connectivity index (χ2n) is 3.85. The van der Waals surface area contributed by atoms with E-state index in [2.05, 4.69) is 5.32 Å². The molecule has 1 aliphatic heterocycles. The van der Waals surface area contributed by atoms with Crippen molar-refractivity contribution in [1.82, 2.24) is 0 Å². The van der Waals surface area contributed by atoms with Gasteiger partial charge in [-0.1, -0.05) is 0 Å². The van der Waals surface area contributed by atoms with E-state index in [4.69, 9.17) is 10.5 Å². The first-order chi connectivity index (χ1) is 7.25. The van der Waals surface area contributed by atoms with Crippen molar-refractivity contribution in [2.24, 2.45) is 5.92 Å². The first-order valence-electron chi connectivity index (χ1n) is 5.12. The molecule has 1 aromatic carbocycles. The Labute approximate surface area is 88.4 Å². The average Bonchev–Trinajstić information content (AvgIpc) is 2.69. The van der Waals surface area contributed by atoms with Crippen LogP contribution in [0, 0.1) is 11.7 Å². The van der Waals surface area contributed by atoms with Gasteiger partial charge in [0.25, 0.3) is 0 Å². The highest BCUT2D eigenvalue weighted by atomic mass is 19.1. The number of ether oxygens (including phenoxy) is 1. The minimum atomic E-state index is -0.297. The summed E-state index contributed by atoms with van der Waals surface area (Å²) in [5.41, 5.74) is 6.41. The maximum atomic E-state index is 13.4. The lowest BCUT2D eigenvalue weighted by Gasteiger charge is -2.11. The van der Waals surface area contributed by atoms with Crippen LogP contribution in [-0.4, -0.2) is 19.8 Å². The summed E-state index contributed by atoms with van der Waals surface area (Å²) in [6.07, 6.45) is 1.05. The number of hydrogen-bond acceptors (Lipinski definition) is 3. The van der Waals surface area contributed by atoms with Gasteiger partial charge in [-0.2, -0.15) is 0 Å². The molecule has 2 rings (SSSR count). The van der Waals surface area contributed by atoms with Crippen LogP contribution in [0.5, 0.6) is 0 Å². The zero-order chi connectivity index (χ0) is 10.7. The van der Waals surface area contributed by atoms with Crippen molar-refractivity contribution in [3.63, 3.8) is 0 Å². The van der Waals surface area contributed by atoms with Crippen molar-refractivity contribution in [3.05, 3.63) is 24.0 Å². The summed E-state index contributed by atoms with van der Waals surface area (Å²) in [6.45, 7) is 2.33. The number of anilines is 2. The van der Waals surface area contributed by atoms with E-state index < -0.39 is 0 Å². The Balaban J connectivity index is 1.92. The second kappa shape index (κ2) is 4.49. The van der Waals surface area contributed by atoms with Crippen molar-refractivity contribution in [1.29, 1.82) is 0 Å². The fourth-order valence-corrected chi connectivity index (χ4v) is 1.67. The highest BCUT2D eigenvalue weighted by Crippen LogP contribution is 2.19. The number of hydrogen-bond donors (Lipinski definition) is 2. The van der Waals surface area contributed by atoms with E-state index >= 15 is 0 Å². The molecule has 0 bridgehead atoms. The van der Waals surface area contributed by atoms with Crippen LogP contribution in [0.1, 0.15) is 6.42 Å². The molecule has 0 saturated carbocycles. The lowest BCUT2D eigenvalue weighted by Crippen LogP contribution is -2.14. The Morgan fingerprint density at radius 3 is 3.07 bits per heavy atom. The Morgan fingerprint density at radius 2 is 2.40 bits per heavy atom. The van der Waals surface area contributed by atoms with Crippen LogP contribution in [0.3, 0.4) is 0 Å². The molecule has 82 valence electrons. The molecule has 4 heteroatoms. The van der Waals surface area contributed by atoms with Crippen LogP contribution in [-0.2, 0) is 4.74 Å². The van der Waals surface area contributed by atoms with E-state index in [9.17, 15) is 4.39 Å². The third kappa shape index (κ3) is 2.59. The minimum absolute atomic E-state index is 0.297. The second-order valence-corrected chi connectivity index (χ2v) is 3.85. The van der Waals surface area contributed by atoms with E-state index in [1.165, 1.54) is 6.07 Å². The van der Waals surface area contributed by atoms with Gasteiger partial charge in [0, 0.05) is 24.8 Å².